The van der Waals surface area contributed by atoms with Crippen LogP contribution in [0.1, 0.15) is 29.3 Å². The van der Waals surface area contributed by atoms with E-state index in [1.807, 2.05) is 31.2 Å². The van der Waals surface area contributed by atoms with Crippen LogP contribution in [0, 0.1) is 0 Å². The van der Waals surface area contributed by atoms with Gasteiger partial charge in [-0.1, -0.05) is 35.0 Å². The lowest BCUT2D eigenvalue weighted by Crippen LogP contribution is -2.00. The molecule has 2 rings (SSSR count). The Bertz CT molecular complexity index is 611. The van der Waals surface area contributed by atoms with Crippen LogP contribution in [-0.4, -0.2) is 12.9 Å². The zero-order valence-corrected chi connectivity index (χ0v) is 13.4. The number of ether oxygens (including phenoxy) is 2. The van der Waals surface area contributed by atoms with Gasteiger partial charge < -0.3 is 9.47 Å². The average Bonchev–Trinajstić information content (AvgIpc) is 2.51. The maximum atomic E-state index is 11.1. The Morgan fingerprint density at radius 3 is 2.71 bits per heavy atom. The molecule has 0 saturated carbocycles. The first-order valence-corrected chi connectivity index (χ1v) is 7.61. The topological polar surface area (TPSA) is 35.5 Å². The number of benzene rings is 2. The molecule has 4 heteroatoms. The highest BCUT2D eigenvalue weighted by atomic mass is 79.9. The summed E-state index contributed by atoms with van der Waals surface area (Å²) in [5.41, 5.74) is 1.55. The maximum Gasteiger partial charge on any atom is 0.153 e. The molecule has 0 atom stereocenters. The zero-order chi connectivity index (χ0) is 15.1. The van der Waals surface area contributed by atoms with Crippen molar-refractivity contribution in [3.05, 3.63) is 58.1 Å². The summed E-state index contributed by atoms with van der Waals surface area (Å²) in [6.07, 6.45) is 1.73. The van der Waals surface area contributed by atoms with Gasteiger partial charge in [0, 0.05) is 10.5 Å². The molecule has 110 valence electrons. The number of hydrogen-bond donors (Lipinski definition) is 0. The van der Waals surface area contributed by atoms with Gasteiger partial charge in [-0.2, -0.15) is 0 Å². The summed E-state index contributed by atoms with van der Waals surface area (Å²) in [4.78, 5) is 11.1. The van der Waals surface area contributed by atoms with E-state index in [2.05, 4.69) is 15.9 Å². The maximum absolute atomic E-state index is 11.1. The molecule has 0 aliphatic rings. The van der Waals surface area contributed by atoms with Gasteiger partial charge in [-0.25, -0.2) is 0 Å². The quantitative estimate of drug-likeness (QED) is 0.684. The van der Waals surface area contributed by atoms with E-state index in [4.69, 9.17) is 9.47 Å². The van der Waals surface area contributed by atoms with Crippen LogP contribution in [0.4, 0.5) is 0 Å². The molecule has 2 aromatic carbocycles. The molecule has 2 aromatic rings. The fraction of sp³-hybridized carbons (Fsp3) is 0.235. The summed E-state index contributed by atoms with van der Waals surface area (Å²) in [5.74, 6) is 1.25. The lowest BCUT2D eigenvalue weighted by atomic mass is 10.2. The molecule has 0 saturated heterocycles. The van der Waals surface area contributed by atoms with Crippen molar-refractivity contribution in [2.45, 2.75) is 20.0 Å². The van der Waals surface area contributed by atoms with Gasteiger partial charge >= 0.3 is 0 Å². The van der Waals surface area contributed by atoms with Crippen molar-refractivity contribution < 1.29 is 14.3 Å². The average molecular weight is 349 g/mol. The van der Waals surface area contributed by atoms with Gasteiger partial charge in [0.05, 0.1) is 12.2 Å². The summed E-state index contributed by atoms with van der Waals surface area (Å²) in [6.45, 7) is 3.09. The van der Waals surface area contributed by atoms with Crippen molar-refractivity contribution >= 4 is 22.2 Å². The Labute approximate surface area is 133 Å². The molecule has 21 heavy (non-hydrogen) atoms. The fourth-order valence-corrected chi connectivity index (χ4v) is 2.28. The molecular formula is C17H17BrO3. The van der Waals surface area contributed by atoms with Crippen LogP contribution in [0.15, 0.2) is 46.9 Å². The minimum Gasteiger partial charge on any atom is -0.493 e. The Morgan fingerprint density at radius 2 is 2.00 bits per heavy atom. The second-order valence-corrected chi connectivity index (χ2v) is 5.50. The number of halogens is 1. The first-order chi connectivity index (χ1) is 10.2. The molecule has 0 aromatic heterocycles. The summed E-state index contributed by atoms with van der Waals surface area (Å²) in [5, 5.41) is 0. The van der Waals surface area contributed by atoms with Crippen molar-refractivity contribution in [2.75, 3.05) is 6.61 Å². The molecule has 0 fully saturated rings. The third kappa shape index (κ3) is 4.60. The molecule has 0 aliphatic carbocycles. The minimum absolute atomic E-state index is 0.400. The Kier molecular flexibility index (Phi) is 5.81. The summed E-state index contributed by atoms with van der Waals surface area (Å²) in [6, 6.07) is 13.1. The molecule has 0 radical (unpaired) electrons. The van der Waals surface area contributed by atoms with Crippen molar-refractivity contribution in [1.29, 1.82) is 0 Å². The van der Waals surface area contributed by atoms with Crippen LogP contribution in [0.2, 0.25) is 0 Å². The predicted molar refractivity (Wildman–Crippen MR) is 86.1 cm³/mol. The molecule has 0 spiro atoms. The molecular weight excluding hydrogens is 332 g/mol. The second-order valence-electron chi connectivity index (χ2n) is 4.58. The summed E-state index contributed by atoms with van der Waals surface area (Å²) < 4.78 is 12.3. The van der Waals surface area contributed by atoms with Gasteiger partial charge in [0.15, 0.2) is 6.29 Å². The van der Waals surface area contributed by atoms with E-state index >= 15 is 0 Å². The molecule has 0 bridgehead atoms. The van der Waals surface area contributed by atoms with Gasteiger partial charge in [-0.15, -0.1) is 0 Å². The lowest BCUT2D eigenvalue weighted by molar-refractivity contribution is 0.111. The monoisotopic (exact) mass is 348 g/mol. The highest BCUT2D eigenvalue weighted by Crippen LogP contribution is 2.25. The number of aldehydes is 1. The highest BCUT2D eigenvalue weighted by Gasteiger charge is 2.06. The van der Waals surface area contributed by atoms with Crippen LogP contribution in [0.3, 0.4) is 0 Å². The predicted octanol–water partition coefficient (Wildman–Crippen LogP) is 4.63. The fourth-order valence-electron chi connectivity index (χ4n) is 1.83. The van der Waals surface area contributed by atoms with E-state index in [0.29, 0.717) is 30.3 Å². The molecule has 0 aliphatic heterocycles. The summed E-state index contributed by atoms with van der Waals surface area (Å²) >= 11 is 3.42. The van der Waals surface area contributed by atoms with Crippen LogP contribution in [0.25, 0.3) is 0 Å². The smallest absolute Gasteiger partial charge is 0.153 e. The largest absolute Gasteiger partial charge is 0.493 e. The van der Waals surface area contributed by atoms with Crippen molar-refractivity contribution in [3.8, 4) is 11.5 Å². The number of hydrogen-bond acceptors (Lipinski definition) is 3. The third-order valence-corrected chi connectivity index (χ3v) is 3.36. The van der Waals surface area contributed by atoms with Crippen molar-refractivity contribution in [1.82, 2.24) is 0 Å². The standard InChI is InChI=1S/C17H17BrO3/c1-2-8-20-16-7-6-14(11-19)17(10-16)21-12-13-4-3-5-15(18)9-13/h3-7,9-11H,2,8,12H2,1H3. The van der Waals surface area contributed by atoms with E-state index in [-0.39, 0.29) is 0 Å². The van der Waals surface area contributed by atoms with Crippen molar-refractivity contribution in [3.63, 3.8) is 0 Å². The Morgan fingerprint density at radius 1 is 1.14 bits per heavy atom. The van der Waals surface area contributed by atoms with E-state index in [1.54, 1.807) is 18.2 Å². The zero-order valence-electron chi connectivity index (χ0n) is 11.8. The Balaban J connectivity index is 2.11. The van der Waals surface area contributed by atoms with E-state index in [1.165, 1.54) is 0 Å². The van der Waals surface area contributed by atoms with Crippen molar-refractivity contribution in [2.24, 2.45) is 0 Å². The number of carbonyl (C=O) groups is 1. The number of rotatable bonds is 7. The third-order valence-electron chi connectivity index (χ3n) is 2.87. The highest BCUT2D eigenvalue weighted by molar-refractivity contribution is 9.10. The molecule has 3 nitrogen and oxygen atoms in total. The number of carbonyl (C=O) groups excluding carboxylic acids is 1. The lowest BCUT2D eigenvalue weighted by Gasteiger charge is -2.11. The second kappa shape index (κ2) is 7.84. The van der Waals surface area contributed by atoms with Crippen LogP contribution >= 0.6 is 15.9 Å². The van der Waals surface area contributed by atoms with Crippen LogP contribution in [0.5, 0.6) is 11.5 Å². The van der Waals surface area contributed by atoms with Crippen LogP contribution in [-0.2, 0) is 6.61 Å². The van der Waals surface area contributed by atoms with Gasteiger partial charge in [0.25, 0.3) is 0 Å². The van der Waals surface area contributed by atoms with Gasteiger partial charge in [0.1, 0.15) is 18.1 Å². The molecule has 0 amide bonds. The molecule has 0 heterocycles. The van der Waals surface area contributed by atoms with Gasteiger partial charge in [-0.05, 0) is 36.2 Å². The molecule has 0 unspecified atom stereocenters. The van der Waals surface area contributed by atoms with Gasteiger partial charge in [0.2, 0.25) is 0 Å². The van der Waals surface area contributed by atoms with Gasteiger partial charge in [-0.3, -0.25) is 4.79 Å². The first-order valence-electron chi connectivity index (χ1n) is 6.82. The SMILES string of the molecule is CCCOc1ccc(C=O)c(OCc2cccc(Br)c2)c1. The summed E-state index contributed by atoms with van der Waals surface area (Å²) in [7, 11) is 0. The van der Waals surface area contributed by atoms with Crippen LogP contribution < -0.4 is 9.47 Å². The van der Waals surface area contributed by atoms with E-state index in [9.17, 15) is 4.79 Å². The molecule has 0 N–H and O–H groups in total. The van der Waals surface area contributed by atoms with E-state index in [0.717, 1.165) is 22.7 Å². The first kappa shape index (κ1) is 15.6. The normalized spacial score (nSPS) is 10.2. The Hall–Kier alpha value is -1.81. The van der Waals surface area contributed by atoms with E-state index < -0.39 is 0 Å². The minimum atomic E-state index is 0.400.